The monoisotopic (exact) mass is 188 g/mol. The van der Waals surface area contributed by atoms with Gasteiger partial charge >= 0.3 is 0 Å². The highest BCUT2D eigenvalue weighted by Gasteiger charge is 1.99. The van der Waals surface area contributed by atoms with Gasteiger partial charge in [0.25, 0.3) is 0 Å². The van der Waals surface area contributed by atoms with Crippen molar-refractivity contribution in [2.45, 2.75) is 17.6 Å². The lowest BCUT2D eigenvalue weighted by Gasteiger charge is -1.92. The first-order valence-corrected chi connectivity index (χ1v) is 5.51. The molecule has 0 aliphatic heterocycles. The summed E-state index contributed by atoms with van der Waals surface area (Å²) in [7, 11) is 1.38. The van der Waals surface area contributed by atoms with Gasteiger partial charge in [-0.25, -0.2) is 4.36 Å². The van der Waals surface area contributed by atoms with E-state index in [0.29, 0.717) is 0 Å². The summed E-state index contributed by atoms with van der Waals surface area (Å²) in [6, 6.07) is 4.19. The molecule has 2 nitrogen and oxygen atoms in total. The lowest BCUT2D eigenvalue weighted by Crippen LogP contribution is -1.99. The SMILES string of the molecule is CCc1ccc(S(N)=NC)s1. The Labute approximate surface area is 73.7 Å². The van der Waals surface area contributed by atoms with Crippen LogP contribution in [0, 0.1) is 0 Å². The van der Waals surface area contributed by atoms with Gasteiger partial charge < -0.3 is 0 Å². The first kappa shape index (κ1) is 8.90. The third kappa shape index (κ3) is 2.12. The van der Waals surface area contributed by atoms with Crippen LogP contribution in [0.1, 0.15) is 11.8 Å². The Morgan fingerprint density at radius 3 is 2.82 bits per heavy atom. The summed E-state index contributed by atoms with van der Waals surface area (Å²) in [5.41, 5.74) is 0. The minimum atomic E-state index is -0.378. The van der Waals surface area contributed by atoms with Gasteiger partial charge in [-0.05, 0) is 18.6 Å². The highest BCUT2D eigenvalue weighted by molar-refractivity contribution is 7.87. The van der Waals surface area contributed by atoms with Gasteiger partial charge in [-0.15, -0.1) is 11.3 Å². The summed E-state index contributed by atoms with van der Waals surface area (Å²) in [4.78, 5) is 1.38. The highest BCUT2D eigenvalue weighted by Crippen LogP contribution is 2.19. The first-order valence-electron chi connectivity index (χ1n) is 3.45. The van der Waals surface area contributed by atoms with E-state index < -0.39 is 0 Å². The van der Waals surface area contributed by atoms with E-state index in [4.69, 9.17) is 5.14 Å². The largest absolute Gasteiger partial charge is 0.264 e. The summed E-state index contributed by atoms with van der Waals surface area (Å²) < 4.78 is 5.21. The minimum absolute atomic E-state index is 0.378. The van der Waals surface area contributed by atoms with Gasteiger partial charge in [0.15, 0.2) is 0 Å². The molecule has 4 heteroatoms. The quantitative estimate of drug-likeness (QED) is 0.757. The van der Waals surface area contributed by atoms with Crippen LogP contribution in [0.5, 0.6) is 0 Å². The van der Waals surface area contributed by atoms with Crippen molar-refractivity contribution in [3.63, 3.8) is 0 Å². The molecule has 2 N–H and O–H groups in total. The van der Waals surface area contributed by atoms with E-state index in [2.05, 4.69) is 23.4 Å². The van der Waals surface area contributed by atoms with Gasteiger partial charge in [-0.3, -0.25) is 5.14 Å². The van der Waals surface area contributed by atoms with E-state index in [1.165, 1.54) is 9.09 Å². The molecule has 0 radical (unpaired) electrons. The van der Waals surface area contributed by atoms with Crippen molar-refractivity contribution >= 4 is 22.2 Å². The Balaban J connectivity index is 2.89. The number of hydrogen-bond acceptors (Lipinski definition) is 2. The van der Waals surface area contributed by atoms with Crippen LogP contribution in [-0.4, -0.2) is 7.05 Å². The van der Waals surface area contributed by atoms with Crippen LogP contribution in [0.25, 0.3) is 0 Å². The lowest BCUT2D eigenvalue weighted by molar-refractivity contribution is 1.19. The molecule has 0 aliphatic rings. The summed E-state index contributed by atoms with van der Waals surface area (Å²) in [5, 5.41) is 5.73. The van der Waals surface area contributed by atoms with Crippen molar-refractivity contribution < 1.29 is 0 Å². The maximum absolute atomic E-state index is 5.73. The molecule has 62 valence electrons. The van der Waals surface area contributed by atoms with Crippen molar-refractivity contribution in [1.82, 2.24) is 0 Å². The average molecular weight is 188 g/mol. The third-order valence-corrected chi connectivity index (χ3v) is 4.12. The fraction of sp³-hybridized carbons (Fsp3) is 0.429. The third-order valence-electron chi connectivity index (χ3n) is 1.39. The van der Waals surface area contributed by atoms with Crippen LogP contribution in [0.4, 0.5) is 0 Å². The summed E-state index contributed by atoms with van der Waals surface area (Å²) in [6.45, 7) is 2.15. The van der Waals surface area contributed by atoms with E-state index >= 15 is 0 Å². The fourth-order valence-corrected chi connectivity index (χ4v) is 2.70. The molecule has 0 spiro atoms. The minimum Gasteiger partial charge on any atom is -0.264 e. The maximum Gasteiger partial charge on any atom is 0.0855 e. The zero-order chi connectivity index (χ0) is 8.27. The van der Waals surface area contributed by atoms with Gasteiger partial charge in [-0.1, -0.05) is 6.92 Å². The number of nitrogens with zero attached hydrogens (tertiary/aromatic N) is 1. The van der Waals surface area contributed by atoms with Gasteiger partial charge in [0.1, 0.15) is 0 Å². The number of rotatable bonds is 2. The van der Waals surface area contributed by atoms with Crippen molar-refractivity contribution in [2.24, 2.45) is 9.50 Å². The molecule has 11 heavy (non-hydrogen) atoms. The van der Waals surface area contributed by atoms with Gasteiger partial charge in [0.05, 0.1) is 4.21 Å². The molecule has 1 atom stereocenters. The molecular formula is C7H12N2S2. The predicted molar refractivity (Wildman–Crippen MR) is 51.9 cm³/mol. The van der Waals surface area contributed by atoms with Gasteiger partial charge in [0.2, 0.25) is 0 Å². The zero-order valence-electron chi connectivity index (χ0n) is 6.70. The molecule has 0 saturated carbocycles. The first-order chi connectivity index (χ1) is 5.27. The topological polar surface area (TPSA) is 38.4 Å². The summed E-state index contributed by atoms with van der Waals surface area (Å²) in [6.07, 6.45) is 1.09. The Morgan fingerprint density at radius 2 is 2.36 bits per heavy atom. The summed E-state index contributed by atoms with van der Waals surface area (Å²) in [5.74, 6) is 0. The molecule has 0 aromatic carbocycles. The molecule has 0 saturated heterocycles. The Bertz CT molecular complexity index is 265. The molecule has 1 unspecified atom stereocenters. The van der Waals surface area contributed by atoms with Crippen LogP contribution >= 0.6 is 11.3 Å². The molecule has 1 rings (SSSR count). The maximum atomic E-state index is 5.73. The molecule has 0 aliphatic carbocycles. The molecule has 0 amide bonds. The molecule has 1 aromatic rings. The smallest absolute Gasteiger partial charge is 0.0855 e. The number of hydrogen-bond donors (Lipinski definition) is 1. The normalized spacial score (nSPS) is 13.7. The standard InChI is InChI=1S/C7H12N2S2/c1-3-6-4-5-7(10-6)11(8)9-2/h4-5H,3H2,1-2H3,(H2,8,9). The molecular weight excluding hydrogens is 176 g/mol. The lowest BCUT2D eigenvalue weighted by atomic mass is 10.4. The average Bonchev–Trinajstić information content (AvgIpc) is 2.50. The molecule has 1 aromatic heterocycles. The second-order valence-corrected chi connectivity index (χ2v) is 4.93. The van der Waals surface area contributed by atoms with Crippen LogP contribution < -0.4 is 5.14 Å². The van der Waals surface area contributed by atoms with Crippen LogP contribution in [-0.2, 0) is 17.3 Å². The number of thiophene rings is 1. The zero-order valence-corrected chi connectivity index (χ0v) is 8.34. The molecule has 1 heterocycles. The summed E-state index contributed by atoms with van der Waals surface area (Å²) >= 11 is 1.76. The van der Waals surface area contributed by atoms with E-state index in [1.807, 2.05) is 0 Å². The van der Waals surface area contributed by atoms with Crippen molar-refractivity contribution in [2.75, 3.05) is 7.05 Å². The number of aryl methyl sites for hydroxylation is 1. The van der Waals surface area contributed by atoms with Gasteiger partial charge in [0, 0.05) is 22.8 Å². The van der Waals surface area contributed by atoms with Gasteiger partial charge in [-0.2, -0.15) is 0 Å². The van der Waals surface area contributed by atoms with Crippen LogP contribution in [0.15, 0.2) is 20.7 Å². The van der Waals surface area contributed by atoms with E-state index in [1.54, 1.807) is 18.4 Å². The van der Waals surface area contributed by atoms with Crippen molar-refractivity contribution in [3.8, 4) is 0 Å². The van der Waals surface area contributed by atoms with Crippen molar-refractivity contribution in [1.29, 1.82) is 0 Å². The molecule has 0 fully saturated rings. The Hall–Kier alpha value is -0.190. The fourth-order valence-electron chi connectivity index (χ4n) is 0.751. The molecule has 0 bridgehead atoms. The van der Waals surface area contributed by atoms with Crippen molar-refractivity contribution in [3.05, 3.63) is 17.0 Å². The second kappa shape index (κ2) is 3.99. The van der Waals surface area contributed by atoms with Crippen LogP contribution in [0.2, 0.25) is 0 Å². The Kier molecular flexibility index (Phi) is 3.23. The predicted octanol–water partition coefficient (Wildman–Crippen LogP) is 1.97. The van der Waals surface area contributed by atoms with Crippen LogP contribution in [0.3, 0.4) is 0 Å². The second-order valence-electron chi connectivity index (χ2n) is 2.07. The highest BCUT2D eigenvalue weighted by atomic mass is 32.2. The number of nitrogens with two attached hydrogens (primary N) is 1. The van der Waals surface area contributed by atoms with E-state index in [-0.39, 0.29) is 10.9 Å². The van der Waals surface area contributed by atoms with E-state index in [0.717, 1.165) is 6.42 Å². The Morgan fingerprint density at radius 1 is 1.64 bits per heavy atom. The van der Waals surface area contributed by atoms with E-state index in [9.17, 15) is 0 Å².